The van der Waals surface area contributed by atoms with Gasteiger partial charge in [-0.3, -0.25) is 18.4 Å². The van der Waals surface area contributed by atoms with Gasteiger partial charge >= 0.3 is 13.8 Å². The summed E-state index contributed by atoms with van der Waals surface area (Å²) in [5.41, 5.74) is 0. The molecule has 0 aromatic heterocycles. The molecular weight excluding hydrogens is 525 g/mol. The number of hydrogen-bond acceptors (Lipinski definition) is 9. The molecule has 11 heteroatoms. The second-order valence-electron chi connectivity index (χ2n) is 9.43. The first-order valence-corrected chi connectivity index (χ1v) is 16.4. The van der Waals surface area contributed by atoms with E-state index >= 15 is 0 Å². The summed E-state index contributed by atoms with van der Waals surface area (Å²) in [6.45, 7) is 4.21. The van der Waals surface area contributed by atoms with Gasteiger partial charge in [0.2, 0.25) is 0 Å². The Labute approximate surface area is 236 Å². The van der Waals surface area contributed by atoms with E-state index < -0.39 is 13.8 Å². The van der Waals surface area contributed by atoms with Gasteiger partial charge in [0.1, 0.15) is 0 Å². The molecule has 0 heterocycles. The molecule has 0 fully saturated rings. The van der Waals surface area contributed by atoms with Crippen molar-refractivity contribution in [3.63, 3.8) is 0 Å². The number of carboxylic acids is 1. The zero-order chi connectivity index (χ0) is 28.7. The first-order valence-electron chi connectivity index (χ1n) is 14.9. The Balaban J connectivity index is 3.74. The molecule has 0 aromatic carbocycles. The third-order valence-corrected chi connectivity index (χ3v) is 7.39. The van der Waals surface area contributed by atoms with E-state index in [4.69, 9.17) is 38.2 Å². The van der Waals surface area contributed by atoms with Crippen molar-refractivity contribution in [3.8, 4) is 6.07 Å². The quantitative estimate of drug-likeness (QED) is 0.0652. The van der Waals surface area contributed by atoms with E-state index in [1.54, 1.807) is 0 Å². The zero-order valence-electron chi connectivity index (χ0n) is 24.3. The highest BCUT2D eigenvalue weighted by Gasteiger charge is 2.26. The molecule has 0 aliphatic heterocycles. The van der Waals surface area contributed by atoms with Crippen molar-refractivity contribution in [2.24, 2.45) is 0 Å². The molecule has 0 bridgehead atoms. The summed E-state index contributed by atoms with van der Waals surface area (Å²) >= 11 is 0. The van der Waals surface area contributed by atoms with Gasteiger partial charge in [0, 0.05) is 0 Å². The van der Waals surface area contributed by atoms with Crippen molar-refractivity contribution >= 4 is 13.8 Å². The van der Waals surface area contributed by atoms with E-state index in [9.17, 15) is 9.36 Å². The second kappa shape index (κ2) is 29.9. The molecule has 0 radical (unpaired) electrons. The Kier molecular flexibility index (Phi) is 29.1. The highest BCUT2D eigenvalue weighted by Crippen LogP contribution is 2.49. The number of phosphoric acid groups is 1. The summed E-state index contributed by atoms with van der Waals surface area (Å²) in [6.07, 6.45) is 17.6. The van der Waals surface area contributed by atoms with Gasteiger partial charge in [-0.25, -0.2) is 4.57 Å². The third-order valence-electron chi connectivity index (χ3n) is 5.89. The van der Waals surface area contributed by atoms with Gasteiger partial charge in [0.15, 0.2) is 0 Å². The Morgan fingerprint density at radius 1 is 0.615 bits per heavy atom. The van der Waals surface area contributed by atoms with Gasteiger partial charge in [-0.15, -0.1) is 0 Å². The van der Waals surface area contributed by atoms with Crippen molar-refractivity contribution in [1.29, 1.82) is 5.26 Å². The van der Waals surface area contributed by atoms with Crippen LogP contribution in [0, 0.1) is 11.3 Å². The maximum atomic E-state index is 12.8. The first kappa shape index (κ1) is 38.0. The number of aliphatic carboxylic acids is 1. The SMILES string of the molecule is CCCCCCCCCCCCCCCCOP(=O)(OCCC#N)OCCOCCOCCOCCC(=O)O. The predicted molar refractivity (Wildman–Crippen MR) is 151 cm³/mol. The largest absolute Gasteiger partial charge is 0.481 e. The van der Waals surface area contributed by atoms with E-state index in [0.717, 1.165) is 19.3 Å². The molecule has 0 saturated carbocycles. The van der Waals surface area contributed by atoms with Crippen molar-refractivity contribution < 1.29 is 42.2 Å². The number of ether oxygens (including phenoxy) is 3. The molecule has 0 aliphatic rings. The summed E-state index contributed by atoms with van der Waals surface area (Å²) < 4.78 is 44.7. The van der Waals surface area contributed by atoms with Crippen LogP contribution in [0.15, 0.2) is 0 Å². The fourth-order valence-corrected chi connectivity index (χ4v) is 4.89. The van der Waals surface area contributed by atoms with Gasteiger partial charge < -0.3 is 19.3 Å². The monoisotopic (exact) mass is 579 g/mol. The highest BCUT2D eigenvalue weighted by molar-refractivity contribution is 7.48. The van der Waals surface area contributed by atoms with Gasteiger partial charge in [-0.1, -0.05) is 90.4 Å². The number of hydrogen-bond donors (Lipinski definition) is 1. The number of carbonyl (C=O) groups is 1. The van der Waals surface area contributed by atoms with Gasteiger partial charge in [0.25, 0.3) is 0 Å². The van der Waals surface area contributed by atoms with Crippen LogP contribution in [0.2, 0.25) is 0 Å². The lowest BCUT2D eigenvalue weighted by Crippen LogP contribution is -2.13. The van der Waals surface area contributed by atoms with Gasteiger partial charge in [-0.05, 0) is 6.42 Å². The summed E-state index contributed by atoms with van der Waals surface area (Å²) in [5, 5.41) is 17.2. The number of carboxylic acid groups (broad SMARTS) is 1. The minimum Gasteiger partial charge on any atom is -0.481 e. The lowest BCUT2D eigenvalue weighted by atomic mass is 10.0. The molecule has 0 amide bonds. The van der Waals surface area contributed by atoms with Crippen LogP contribution >= 0.6 is 7.82 Å². The van der Waals surface area contributed by atoms with Crippen LogP contribution in [-0.4, -0.2) is 70.5 Å². The van der Waals surface area contributed by atoms with Gasteiger partial charge in [-0.2, -0.15) is 5.26 Å². The molecule has 39 heavy (non-hydrogen) atoms. The van der Waals surface area contributed by atoms with Crippen LogP contribution in [0.3, 0.4) is 0 Å². The number of rotatable bonds is 32. The lowest BCUT2D eigenvalue weighted by Gasteiger charge is -2.17. The molecule has 1 atom stereocenters. The van der Waals surface area contributed by atoms with E-state index in [1.807, 2.05) is 6.07 Å². The molecule has 0 saturated heterocycles. The highest BCUT2D eigenvalue weighted by atomic mass is 31.2. The second-order valence-corrected chi connectivity index (χ2v) is 11.1. The van der Waals surface area contributed by atoms with E-state index in [-0.39, 0.29) is 45.9 Å². The normalized spacial score (nSPS) is 12.8. The van der Waals surface area contributed by atoms with E-state index in [2.05, 4.69) is 6.92 Å². The molecular formula is C28H54NO9P. The fourth-order valence-electron chi connectivity index (χ4n) is 3.70. The van der Waals surface area contributed by atoms with Crippen LogP contribution in [0.4, 0.5) is 0 Å². The minimum atomic E-state index is -3.74. The maximum absolute atomic E-state index is 12.8. The average molecular weight is 580 g/mol. The fraction of sp³-hybridized carbons (Fsp3) is 0.929. The molecule has 0 spiro atoms. The Morgan fingerprint density at radius 2 is 1.03 bits per heavy atom. The van der Waals surface area contributed by atoms with Crippen LogP contribution in [0.25, 0.3) is 0 Å². The maximum Gasteiger partial charge on any atom is 0.474 e. The molecule has 10 nitrogen and oxygen atoms in total. The molecule has 0 rings (SSSR count). The molecule has 1 N–H and O–H groups in total. The number of nitriles is 1. The molecule has 230 valence electrons. The van der Waals surface area contributed by atoms with E-state index in [0.29, 0.717) is 26.4 Å². The summed E-state index contributed by atoms with van der Waals surface area (Å²) in [4.78, 5) is 10.4. The molecule has 0 aromatic rings. The predicted octanol–water partition coefficient (Wildman–Crippen LogP) is 7.06. The number of phosphoric ester groups is 1. The topological polar surface area (TPSA) is 134 Å². The van der Waals surface area contributed by atoms with E-state index in [1.165, 1.54) is 70.6 Å². The summed E-state index contributed by atoms with van der Waals surface area (Å²) in [5.74, 6) is -0.897. The average Bonchev–Trinajstić information content (AvgIpc) is 2.91. The Bertz CT molecular complexity index is 631. The Hall–Kier alpha value is -1.05. The van der Waals surface area contributed by atoms with Crippen LogP contribution in [0.1, 0.15) is 110 Å². The van der Waals surface area contributed by atoms with Gasteiger partial charge in [0.05, 0.1) is 78.4 Å². The third kappa shape index (κ3) is 29.8. The zero-order valence-corrected chi connectivity index (χ0v) is 25.2. The summed E-state index contributed by atoms with van der Waals surface area (Å²) in [7, 11) is -3.74. The van der Waals surface area contributed by atoms with Crippen molar-refractivity contribution in [2.75, 3.05) is 59.5 Å². The van der Waals surface area contributed by atoms with Crippen LogP contribution in [-0.2, 0) is 37.1 Å². The number of nitrogens with zero attached hydrogens (tertiary/aromatic N) is 1. The molecule has 0 aliphatic carbocycles. The Morgan fingerprint density at radius 3 is 1.51 bits per heavy atom. The minimum absolute atomic E-state index is 0.0181. The van der Waals surface area contributed by atoms with Crippen LogP contribution in [0.5, 0.6) is 0 Å². The lowest BCUT2D eigenvalue weighted by molar-refractivity contribution is -0.138. The van der Waals surface area contributed by atoms with Crippen molar-refractivity contribution in [2.45, 2.75) is 110 Å². The molecule has 1 unspecified atom stereocenters. The first-order chi connectivity index (χ1) is 19.0. The standard InChI is InChI=1S/C28H54NO9P/c1-2-3-4-5-6-7-8-9-10-11-12-13-14-15-19-36-39(32,37-20-16-18-29)38-27-26-35-25-24-34-23-22-33-21-17-28(30)31/h2-17,19-27H2,1H3,(H,30,31). The summed E-state index contributed by atoms with van der Waals surface area (Å²) in [6, 6.07) is 1.95. The van der Waals surface area contributed by atoms with Crippen LogP contribution < -0.4 is 0 Å². The van der Waals surface area contributed by atoms with Crippen molar-refractivity contribution in [1.82, 2.24) is 0 Å². The smallest absolute Gasteiger partial charge is 0.474 e. The van der Waals surface area contributed by atoms with Crippen molar-refractivity contribution in [3.05, 3.63) is 0 Å². The number of unbranched alkanes of at least 4 members (excludes halogenated alkanes) is 13.